The third-order valence-corrected chi connectivity index (χ3v) is 4.24. The minimum absolute atomic E-state index is 0.151. The Hall–Kier alpha value is -2.30. The normalized spacial score (nSPS) is 12.6. The Kier molecular flexibility index (Phi) is 8.37. The third kappa shape index (κ3) is 7.08. The summed E-state index contributed by atoms with van der Waals surface area (Å²) < 4.78 is 0. The topological polar surface area (TPSA) is 63.8 Å². The van der Waals surface area contributed by atoms with Gasteiger partial charge in [-0.15, -0.1) is 0 Å². The van der Waals surface area contributed by atoms with Gasteiger partial charge in [0.1, 0.15) is 5.02 Å². The van der Waals surface area contributed by atoms with Crippen LogP contribution in [0.25, 0.3) is 0 Å². The highest BCUT2D eigenvalue weighted by Crippen LogP contribution is 2.24. The molecule has 0 aliphatic heterocycles. The summed E-state index contributed by atoms with van der Waals surface area (Å²) in [5, 5.41) is 3.76. The van der Waals surface area contributed by atoms with Gasteiger partial charge in [-0.25, -0.2) is 4.98 Å². The van der Waals surface area contributed by atoms with Crippen LogP contribution in [0, 0.1) is 0 Å². The highest BCUT2D eigenvalue weighted by molar-refractivity contribution is 6.33. The van der Waals surface area contributed by atoms with Gasteiger partial charge in [0.25, 0.3) is 0 Å². The van der Waals surface area contributed by atoms with Gasteiger partial charge in [-0.2, -0.15) is 4.98 Å². The molecule has 4 nitrogen and oxygen atoms in total. The largest absolute Gasteiger partial charge is 0.399 e. The fourth-order valence-corrected chi connectivity index (χ4v) is 2.88. The number of nitrogens with one attached hydrogen (secondary N) is 1. The van der Waals surface area contributed by atoms with Gasteiger partial charge in [-0.1, -0.05) is 42.8 Å². The molecule has 0 radical (unpaired) electrons. The molecule has 1 heterocycles. The number of aryl methyl sites for hydroxylation is 1. The van der Waals surface area contributed by atoms with Crippen molar-refractivity contribution in [2.75, 3.05) is 5.32 Å². The van der Waals surface area contributed by atoms with Crippen molar-refractivity contribution >= 4 is 34.7 Å². The molecule has 0 saturated heterocycles. The van der Waals surface area contributed by atoms with E-state index in [1.807, 2.05) is 37.3 Å². The first kappa shape index (κ1) is 21.0. The molecule has 1 aromatic carbocycles. The number of nitrogens with two attached hydrogens (primary N) is 1. The zero-order chi connectivity index (χ0) is 19.6. The Morgan fingerprint density at radius 2 is 2.11 bits per heavy atom. The summed E-state index contributed by atoms with van der Waals surface area (Å²) in [6.07, 6.45) is 12.4. The van der Waals surface area contributed by atoms with Gasteiger partial charge in [0.05, 0.1) is 6.20 Å². The van der Waals surface area contributed by atoms with Crippen LogP contribution >= 0.6 is 23.2 Å². The summed E-state index contributed by atoms with van der Waals surface area (Å²) in [4.78, 5) is 7.98. The Bertz CT molecular complexity index is 857. The van der Waals surface area contributed by atoms with E-state index in [4.69, 9.17) is 28.9 Å². The van der Waals surface area contributed by atoms with Gasteiger partial charge < -0.3 is 11.1 Å². The molecule has 6 heteroatoms. The summed E-state index contributed by atoms with van der Waals surface area (Å²) in [5.41, 5.74) is 10.1. The second kappa shape index (κ2) is 10.8. The second-order valence-electron chi connectivity index (χ2n) is 5.99. The van der Waals surface area contributed by atoms with Crippen LogP contribution in [-0.4, -0.2) is 9.97 Å². The van der Waals surface area contributed by atoms with E-state index >= 15 is 0 Å². The first-order chi connectivity index (χ1) is 13.0. The number of nitrogens with zero attached hydrogens (tertiary/aromatic N) is 2. The van der Waals surface area contributed by atoms with Crippen molar-refractivity contribution in [3.05, 3.63) is 81.9 Å². The molecule has 0 fully saturated rings. The van der Waals surface area contributed by atoms with E-state index in [0.29, 0.717) is 10.8 Å². The summed E-state index contributed by atoms with van der Waals surface area (Å²) in [6.45, 7) is 4.08. The SMILES string of the molecule is C\C=C/C(N)=C\C(=C\CC)CCc1cccc(Nc2nc(Cl)ncc2Cl)c1. The van der Waals surface area contributed by atoms with Crippen molar-refractivity contribution in [2.24, 2.45) is 5.73 Å². The molecule has 0 saturated carbocycles. The number of rotatable bonds is 8. The minimum atomic E-state index is 0.151. The summed E-state index contributed by atoms with van der Waals surface area (Å²) in [5.74, 6) is 0.488. The van der Waals surface area contributed by atoms with Crippen molar-refractivity contribution in [3.63, 3.8) is 0 Å². The van der Waals surface area contributed by atoms with Crippen LogP contribution in [0.4, 0.5) is 11.5 Å². The maximum Gasteiger partial charge on any atom is 0.224 e. The molecule has 0 aliphatic rings. The van der Waals surface area contributed by atoms with Gasteiger partial charge in [-0.3, -0.25) is 0 Å². The monoisotopic (exact) mass is 402 g/mol. The molecule has 0 bridgehead atoms. The molecule has 2 aromatic rings. The lowest BCUT2D eigenvalue weighted by Gasteiger charge is -2.10. The molecular formula is C21H24Cl2N4. The van der Waals surface area contributed by atoms with Gasteiger partial charge in [0.2, 0.25) is 5.28 Å². The number of allylic oxidation sites excluding steroid dienone is 5. The van der Waals surface area contributed by atoms with Crippen LogP contribution in [0.2, 0.25) is 10.3 Å². The Labute approximate surface area is 170 Å². The molecule has 27 heavy (non-hydrogen) atoms. The maximum absolute atomic E-state index is 6.12. The van der Waals surface area contributed by atoms with Crippen LogP contribution in [0.1, 0.15) is 32.3 Å². The quantitative estimate of drug-likeness (QED) is 0.406. The summed E-state index contributed by atoms with van der Waals surface area (Å²) in [7, 11) is 0. The average Bonchev–Trinajstić information content (AvgIpc) is 2.63. The Balaban J connectivity index is 2.09. The predicted octanol–water partition coefficient (Wildman–Crippen LogP) is 6.21. The lowest BCUT2D eigenvalue weighted by atomic mass is 10.0. The van der Waals surface area contributed by atoms with Crippen LogP contribution in [0.15, 0.2) is 66.0 Å². The van der Waals surface area contributed by atoms with Crippen LogP contribution in [0.3, 0.4) is 0 Å². The zero-order valence-electron chi connectivity index (χ0n) is 15.5. The fraction of sp³-hybridized carbons (Fsp3) is 0.238. The Morgan fingerprint density at radius 3 is 2.85 bits per heavy atom. The van der Waals surface area contributed by atoms with E-state index in [1.165, 1.54) is 17.3 Å². The van der Waals surface area contributed by atoms with Crippen molar-refractivity contribution in [3.8, 4) is 0 Å². The van der Waals surface area contributed by atoms with E-state index in [1.54, 1.807) is 0 Å². The number of anilines is 2. The summed E-state index contributed by atoms with van der Waals surface area (Å²) in [6, 6.07) is 8.14. The number of hydrogen-bond donors (Lipinski definition) is 2. The molecule has 3 N–H and O–H groups in total. The van der Waals surface area contributed by atoms with E-state index < -0.39 is 0 Å². The molecular weight excluding hydrogens is 379 g/mol. The first-order valence-electron chi connectivity index (χ1n) is 8.84. The van der Waals surface area contributed by atoms with Gasteiger partial charge in [-0.05, 0) is 73.2 Å². The predicted molar refractivity (Wildman–Crippen MR) is 116 cm³/mol. The molecule has 0 amide bonds. The number of hydrogen-bond acceptors (Lipinski definition) is 4. The zero-order valence-corrected chi connectivity index (χ0v) is 17.1. The van der Waals surface area contributed by atoms with E-state index in [9.17, 15) is 0 Å². The molecule has 2 rings (SSSR count). The number of benzene rings is 1. The number of halogens is 2. The fourth-order valence-electron chi connectivity index (χ4n) is 2.61. The smallest absolute Gasteiger partial charge is 0.224 e. The second-order valence-corrected chi connectivity index (χ2v) is 6.74. The molecule has 142 valence electrons. The number of aromatic nitrogens is 2. The first-order valence-corrected chi connectivity index (χ1v) is 9.60. The van der Waals surface area contributed by atoms with Crippen LogP contribution in [-0.2, 0) is 6.42 Å². The highest BCUT2D eigenvalue weighted by atomic mass is 35.5. The highest BCUT2D eigenvalue weighted by Gasteiger charge is 2.05. The van der Waals surface area contributed by atoms with Crippen molar-refractivity contribution in [1.82, 2.24) is 9.97 Å². The maximum atomic E-state index is 6.12. The van der Waals surface area contributed by atoms with Crippen molar-refractivity contribution < 1.29 is 0 Å². The average molecular weight is 403 g/mol. The van der Waals surface area contributed by atoms with Gasteiger partial charge >= 0.3 is 0 Å². The van der Waals surface area contributed by atoms with E-state index in [0.717, 1.165) is 30.6 Å². The van der Waals surface area contributed by atoms with Crippen LogP contribution < -0.4 is 11.1 Å². The minimum Gasteiger partial charge on any atom is -0.399 e. The molecule has 0 spiro atoms. The van der Waals surface area contributed by atoms with E-state index in [2.05, 4.69) is 40.4 Å². The molecule has 1 aromatic heterocycles. The van der Waals surface area contributed by atoms with E-state index in [-0.39, 0.29) is 5.28 Å². The van der Waals surface area contributed by atoms with Crippen LogP contribution in [0.5, 0.6) is 0 Å². The molecule has 0 atom stereocenters. The van der Waals surface area contributed by atoms with Crippen molar-refractivity contribution in [1.29, 1.82) is 0 Å². The van der Waals surface area contributed by atoms with Crippen molar-refractivity contribution in [2.45, 2.75) is 33.1 Å². The lowest BCUT2D eigenvalue weighted by Crippen LogP contribution is -1.98. The standard InChI is InChI=1S/C21H24Cl2N4/c1-3-6-15(12-17(24)7-4-2)10-11-16-8-5-9-18(13-16)26-20-19(22)14-25-21(23)27-20/h4-9,12-14H,3,10-11,24H2,1-2H3,(H,25,26,27)/b7-4-,15-6+,17-12+. The summed E-state index contributed by atoms with van der Waals surface area (Å²) >= 11 is 12.0. The lowest BCUT2D eigenvalue weighted by molar-refractivity contribution is 0.951. The molecule has 0 aliphatic carbocycles. The Morgan fingerprint density at radius 1 is 1.30 bits per heavy atom. The van der Waals surface area contributed by atoms with Gasteiger partial charge in [0.15, 0.2) is 5.82 Å². The van der Waals surface area contributed by atoms with Gasteiger partial charge in [0, 0.05) is 11.4 Å². The molecule has 0 unspecified atom stereocenters. The third-order valence-electron chi connectivity index (χ3n) is 3.78.